The minimum absolute atomic E-state index is 0.196. The molecule has 0 saturated heterocycles. The number of carbonyl (C=O) groups excluding carboxylic acids is 2. The SMILES string of the molecule is CCOC(=O)c1c(-c2ccccc2)c(-c2ccccc2)n(-c2ccc(C)cc2)c1CN(Cc1c(C(=O)OCC)c(-c2ccccc2)c(-c2ccccc2)n1-c1ccc(C)cc1)c1ccc(C)cc1. The largest absolute Gasteiger partial charge is 0.462 e. The molecule has 7 nitrogen and oxygen atoms in total. The molecule has 0 radical (unpaired) electrons. The van der Waals surface area contributed by atoms with Crippen LogP contribution in [0.1, 0.15) is 62.6 Å². The van der Waals surface area contributed by atoms with Crippen molar-refractivity contribution in [2.75, 3.05) is 18.1 Å². The predicted molar refractivity (Wildman–Crippen MR) is 276 cm³/mol. The second-order valence-electron chi connectivity index (χ2n) is 17.0. The first-order valence-electron chi connectivity index (χ1n) is 23.3. The van der Waals surface area contributed by atoms with Crippen LogP contribution in [0.4, 0.5) is 5.69 Å². The Bertz CT molecular complexity index is 2960. The minimum Gasteiger partial charge on any atom is -0.462 e. The lowest BCUT2D eigenvalue weighted by Gasteiger charge is -2.28. The van der Waals surface area contributed by atoms with Crippen molar-refractivity contribution in [3.8, 4) is 56.1 Å². The number of esters is 2. The van der Waals surface area contributed by atoms with Crippen LogP contribution in [-0.4, -0.2) is 34.3 Å². The predicted octanol–water partition coefficient (Wildman–Crippen LogP) is 14.4. The zero-order chi connectivity index (χ0) is 47.1. The van der Waals surface area contributed by atoms with Crippen LogP contribution in [-0.2, 0) is 22.6 Å². The zero-order valence-corrected chi connectivity index (χ0v) is 39.3. The van der Waals surface area contributed by atoms with E-state index in [0.29, 0.717) is 11.1 Å². The Hall–Kier alpha value is -8.16. The Labute approximate surface area is 399 Å². The van der Waals surface area contributed by atoms with Gasteiger partial charge in [0.15, 0.2) is 0 Å². The smallest absolute Gasteiger partial charge is 0.340 e. The highest BCUT2D eigenvalue weighted by molar-refractivity contribution is 6.06. The summed E-state index contributed by atoms with van der Waals surface area (Å²) in [6, 6.07) is 66.1. The number of anilines is 1. The van der Waals surface area contributed by atoms with Crippen LogP contribution < -0.4 is 4.90 Å². The van der Waals surface area contributed by atoms with E-state index in [1.165, 1.54) is 0 Å². The summed E-state index contributed by atoms with van der Waals surface area (Å²) in [5.74, 6) is -0.831. The molecule has 0 unspecified atom stereocenters. The monoisotopic (exact) mass is 893 g/mol. The molecule has 2 aromatic heterocycles. The van der Waals surface area contributed by atoms with Gasteiger partial charge in [0.05, 0.1) is 60.2 Å². The fourth-order valence-corrected chi connectivity index (χ4v) is 9.21. The number of aryl methyl sites for hydroxylation is 3. The third-order valence-electron chi connectivity index (χ3n) is 12.4. The van der Waals surface area contributed by atoms with Crippen molar-refractivity contribution in [3.05, 3.63) is 233 Å². The van der Waals surface area contributed by atoms with E-state index in [9.17, 15) is 9.59 Å². The number of hydrogen-bond donors (Lipinski definition) is 0. The van der Waals surface area contributed by atoms with E-state index in [-0.39, 0.29) is 26.3 Å². The lowest BCUT2D eigenvalue weighted by atomic mass is 9.96. The van der Waals surface area contributed by atoms with Crippen LogP contribution in [0.2, 0.25) is 0 Å². The molecule has 2 heterocycles. The first-order chi connectivity index (χ1) is 33.2. The van der Waals surface area contributed by atoms with Gasteiger partial charge in [-0.15, -0.1) is 0 Å². The quantitative estimate of drug-likeness (QED) is 0.0959. The van der Waals surface area contributed by atoms with Crippen molar-refractivity contribution >= 4 is 17.6 Å². The van der Waals surface area contributed by atoms with E-state index < -0.39 is 11.9 Å². The molecule has 0 aliphatic carbocycles. The van der Waals surface area contributed by atoms with Gasteiger partial charge in [0.2, 0.25) is 0 Å². The molecule has 7 heteroatoms. The van der Waals surface area contributed by atoms with Crippen molar-refractivity contribution in [3.63, 3.8) is 0 Å². The van der Waals surface area contributed by atoms with Crippen LogP contribution in [0.3, 0.4) is 0 Å². The van der Waals surface area contributed by atoms with Crippen LogP contribution in [0.5, 0.6) is 0 Å². The zero-order valence-electron chi connectivity index (χ0n) is 39.3. The number of hydrogen-bond acceptors (Lipinski definition) is 5. The molecule has 0 N–H and O–H groups in total. The highest BCUT2D eigenvalue weighted by atomic mass is 16.5. The van der Waals surface area contributed by atoms with Crippen LogP contribution >= 0.6 is 0 Å². The number of nitrogens with zero attached hydrogens (tertiary/aromatic N) is 3. The van der Waals surface area contributed by atoms with Gasteiger partial charge in [-0.3, -0.25) is 0 Å². The Balaban J connectivity index is 1.40. The van der Waals surface area contributed by atoms with Crippen molar-refractivity contribution in [2.45, 2.75) is 47.7 Å². The molecule has 9 rings (SSSR count). The maximum atomic E-state index is 15.0. The average Bonchev–Trinajstić information content (AvgIpc) is 3.89. The maximum absolute atomic E-state index is 15.0. The van der Waals surface area contributed by atoms with Gasteiger partial charge in [0.1, 0.15) is 0 Å². The highest BCUT2D eigenvalue weighted by Gasteiger charge is 2.35. The molecule has 7 aromatic carbocycles. The molecule has 68 heavy (non-hydrogen) atoms. The van der Waals surface area contributed by atoms with Gasteiger partial charge in [-0.25, -0.2) is 9.59 Å². The molecule has 9 aromatic rings. The molecular formula is C61H55N3O4. The van der Waals surface area contributed by atoms with E-state index >= 15 is 0 Å². The fraction of sp³-hybridized carbons (Fsp3) is 0.148. The highest BCUT2D eigenvalue weighted by Crippen LogP contribution is 2.45. The number of carbonyl (C=O) groups is 2. The topological polar surface area (TPSA) is 65.7 Å². The summed E-state index contributed by atoms with van der Waals surface area (Å²) in [7, 11) is 0. The standard InChI is InChI=1S/C61H55N3O4/c1-6-67-60(65)56-52(63(50-36-30-43(4)31-37-50)58(47-24-16-10-17-25-47)54(56)45-20-12-8-13-21-45)40-62(49-34-28-42(3)29-35-49)41-53-57(61(66)68-7-2)55(46-22-14-9-15-23-46)59(48-26-18-11-19-27-48)64(53)51-38-32-44(5)33-39-51/h8-39H,6-7,40-41H2,1-5H3. The second-order valence-corrected chi connectivity index (χ2v) is 17.0. The first-order valence-corrected chi connectivity index (χ1v) is 23.3. The Morgan fingerprint density at radius 3 is 1.04 bits per heavy atom. The van der Waals surface area contributed by atoms with Gasteiger partial charge < -0.3 is 23.5 Å². The Kier molecular flexibility index (Phi) is 13.3. The molecule has 0 aliphatic heterocycles. The summed E-state index contributed by atoms with van der Waals surface area (Å²) in [5, 5.41) is 0. The van der Waals surface area contributed by atoms with Gasteiger partial charge >= 0.3 is 11.9 Å². The summed E-state index contributed by atoms with van der Waals surface area (Å²) in [5.41, 5.74) is 15.4. The molecular weight excluding hydrogens is 839 g/mol. The fourth-order valence-electron chi connectivity index (χ4n) is 9.21. The van der Waals surface area contributed by atoms with Gasteiger partial charge in [-0.1, -0.05) is 174 Å². The first kappa shape index (κ1) is 45.0. The van der Waals surface area contributed by atoms with E-state index in [1.54, 1.807) is 0 Å². The van der Waals surface area contributed by atoms with Crippen LogP contribution in [0.25, 0.3) is 56.1 Å². The molecule has 0 aliphatic rings. The Morgan fingerprint density at radius 2 is 0.721 bits per heavy atom. The molecule has 0 saturated carbocycles. The average molecular weight is 894 g/mol. The third-order valence-corrected chi connectivity index (χ3v) is 12.4. The molecule has 0 amide bonds. The van der Waals surface area contributed by atoms with Crippen molar-refractivity contribution in [1.29, 1.82) is 0 Å². The van der Waals surface area contributed by atoms with Gasteiger partial charge in [0, 0.05) is 28.2 Å². The van der Waals surface area contributed by atoms with Crippen LogP contribution in [0, 0.1) is 20.8 Å². The van der Waals surface area contributed by atoms with E-state index in [0.717, 1.165) is 89.9 Å². The summed E-state index contributed by atoms with van der Waals surface area (Å²) >= 11 is 0. The molecule has 0 fully saturated rings. The lowest BCUT2D eigenvalue weighted by molar-refractivity contribution is 0.0516. The lowest BCUT2D eigenvalue weighted by Crippen LogP contribution is -2.27. The number of ether oxygens (including phenoxy) is 2. The summed E-state index contributed by atoms with van der Waals surface area (Å²) in [6.07, 6.45) is 0. The van der Waals surface area contributed by atoms with Crippen molar-refractivity contribution in [2.24, 2.45) is 0 Å². The molecule has 0 spiro atoms. The summed E-state index contributed by atoms with van der Waals surface area (Å²) in [6.45, 7) is 10.8. The van der Waals surface area contributed by atoms with Crippen LogP contribution in [0.15, 0.2) is 194 Å². The van der Waals surface area contributed by atoms with Crippen molar-refractivity contribution in [1.82, 2.24) is 9.13 Å². The normalized spacial score (nSPS) is 11.1. The van der Waals surface area contributed by atoms with E-state index in [4.69, 9.17) is 9.47 Å². The van der Waals surface area contributed by atoms with Gasteiger partial charge in [-0.2, -0.15) is 0 Å². The molecule has 0 atom stereocenters. The number of aromatic nitrogens is 2. The molecule has 338 valence electrons. The van der Waals surface area contributed by atoms with Gasteiger partial charge in [0.25, 0.3) is 0 Å². The number of rotatable bonds is 15. The van der Waals surface area contributed by atoms with E-state index in [2.05, 4.69) is 156 Å². The Morgan fingerprint density at radius 1 is 0.412 bits per heavy atom. The number of benzene rings is 7. The third kappa shape index (κ3) is 9.03. The maximum Gasteiger partial charge on any atom is 0.340 e. The second kappa shape index (κ2) is 20.1. The van der Waals surface area contributed by atoms with Crippen molar-refractivity contribution < 1.29 is 19.1 Å². The van der Waals surface area contributed by atoms with Gasteiger partial charge in [-0.05, 0) is 93.3 Å². The summed E-state index contributed by atoms with van der Waals surface area (Å²) < 4.78 is 16.6. The minimum atomic E-state index is -0.416. The molecule has 0 bridgehead atoms. The van der Waals surface area contributed by atoms with E-state index in [1.807, 2.05) is 86.6 Å². The summed E-state index contributed by atoms with van der Waals surface area (Å²) in [4.78, 5) is 32.3.